The molecule has 0 fully saturated rings. The summed E-state index contributed by atoms with van der Waals surface area (Å²) in [5, 5.41) is 9.05. The van der Waals surface area contributed by atoms with Gasteiger partial charge in [0.15, 0.2) is 0 Å². The first kappa shape index (κ1) is 19.9. The zero-order valence-corrected chi connectivity index (χ0v) is 16.1. The molecular weight excluding hydrogens is 410 g/mol. The summed E-state index contributed by atoms with van der Waals surface area (Å²) in [6.45, 7) is -0.0897. The highest BCUT2D eigenvalue weighted by molar-refractivity contribution is 7.93. The zero-order chi connectivity index (χ0) is 20.5. The second-order valence-corrected chi connectivity index (χ2v) is 9.14. The summed E-state index contributed by atoms with van der Waals surface area (Å²) in [5.74, 6) is -1.59. The van der Waals surface area contributed by atoms with Crippen LogP contribution >= 0.6 is 11.3 Å². The van der Waals surface area contributed by atoms with E-state index < -0.39 is 27.7 Å². The summed E-state index contributed by atoms with van der Waals surface area (Å²) in [7, 11) is -2.85. The highest BCUT2D eigenvalue weighted by Gasteiger charge is 2.28. The van der Waals surface area contributed by atoms with Crippen molar-refractivity contribution in [2.45, 2.75) is 15.6 Å². The second-order valence-electron chi connectivity index (χ2n) is 5.86. The molecule has 0 aliphatic rings. The maximum absolute atomic E-state index is 14.2. The molecule has 0 aliphatic heterocycles. The molecular formula is C18H14F2N2O4S2. The summed E-state index contributed by atoms with van der Waals surface area (Å²) in [6.07, 6.45) is 0.0301. The van der Waals surface area contributed by atoms with Crippen molar-refractivity contribution in [2.24, 2.45) is 0 Å². The molecule has 3 aromatic rings. The Balaban J connectivity index is 2.20. The van der Waals surface area contributed by atoms with Crippen molar-refractivity contribution < 1.29 is 27.1 Å². The molecule has 28 heavy (non-hydrogen) atoms. The van der Waals surface area contributed by atoms with Crippen molar-refractivity contribution in [3.63, 3.8) is 0 Å². The third-order valence-electron chi connectivity index (χ3n) is 3.87. The smallest absolute Gasteiger partial charge is 0.407 e. The van der Waals surface area contributed by atoms with Crippen molar-refractivity contribution in [2.75, 3.05) is 7.05 Å². The van der Waals surface area contributed by atoms with Crippen LogP contribution in [0.25, 0.3) is 11.1 Å². The Hall–Kier alpha value is -2.85. The monoisotopic (exact) mass is 424 g/mol. The average Bonchev–Trinajstić information content (AvgIpc) is 3.06. The quantitative estimate of drug-likeness (QED) is 0.625. The van der Waals surface area contributed by atoms with Gasteiger partial charge in [-0.05, 0) is 36.4 Å². The second kappa shape index (κ2) is 7.64. The van der Waals surface area contributed by atoms with Crippen LogP contribution in [-0.4, -0.2) is 36.5 Å². The van der Waals surface area contributed by atoms with Gasteiger partial charge >= 0.3 is 6.09 Å². The summed E-state index contributed by atoms with van der Waals surface area (Å²) in [6, 6.07) is 8.74. The van der Waals surface area contributed by atoms with Gasteiger partial charge in [-0.15, -0.1) is 11.3 Å². The fourth-order valence-electron chi connectivity index (χ4n) is 2.52. The molecule has 1 aromatic carbocycles. The minimum atomic E-state index is -4.17. The number of benzene rings is 1. The molecule has 0 saturated carbocycles. The molecule has 0 unspecified atom stereocenters. The van der Waals surface area contributed by atoms with Crippen LogP contribution in [0.15, 0.2) is 57.8 Å². The van der Waals surface area contributed by atoms with Gasteiger partial charge in [-0.2, -0.15) is 4.39 Å². The van der Waals surface area contributed by atoms with Crippen molar-refractivity contribution in [1.82, 2.24) is 9.88 Å². The van der Waals surface area contributed by atoms with E-state index in [1.807, 2.05) is 0 Å². The average molecular weight is 424 g/mol. The maximum atomic E-state index is 14.2. The lowest BCUT2D eigenvalue weighted by molar-refractivity contribution is 0.154. The lowest BCUT2D eigenvalue weighted by Crippen LogP contribution is -2.23. The Labute approximate surface area is 163 Å². The zero-order valence-electron chi connectivity index (χ0n) is 14.5. The van der Waals surface area contributed by atoms with Crippen LogP contribution in [0.4, 0.5) is 13.6 Å². The van der Waals surface area contributed by atoms with Gasteiger partial charge in [0.2, 0.25) is 15.8 Å². The molecule has 0 atom stereocenters. The molecule has 0 bridgehead atoms. The Bertz CT molecular complexity index is 1150. The molecule has 0 saturated heterocycles. The van der Waals surface area contributed by atoms with Gasteiger partial charge in [0.25, 0.3) is 0 Å². The molecule has 1 amide bonds. The molecule has 6 nitrogen and oxygen atoms in total. The number of hydrogen-bond acceptors (Lipinski definition) is 5. The van der Waals surface area contributed by atoms with E-state index in [9.17, 15) is 22.0 Å². The predicted octanol–water partition coefficient (Wildman–Crippen LogP) is 4.03. The topological polar surface area (TPSA) is 87.6 Å². The number of thiophene rings is 1. The molecule has 2 heterocycles. The molecule has 0 aliphatic carbocycles. The van der Waals surface area contributed by atoms with E-state index in [-0.39, 0.29) is 26.8 Å². The van der Waals surface area contributed by atoms with Crippen molar-refractivity contribution >= 4 is 27.3 Å². The fraction of sp³-hybridized carbons (Fsp3) is 0.111. The predicted molar refractivity (Wildman–Crippen MR) is 98.9 cm³/mol. The number of rotatable bonds is 5. The lowest BCUT2D eigenvalue weighted by Gasteiger charge is -2.10. The number of carboxylic acid groups (broad SMARTS) is 1. The third-order valence-corrected chi connectivity index (χ3v) is 7.27. The van der Waals surface area contributed by atoms with Gasteiger partial charge in [-0.1, -0.05) is 6.07 Å². The van der Waals surface area contributed by atoms with Crippen LogP contribution in [0.5, 0.6) is 0 Å². The van der Waals surface area contributed by atoms with Crippen molar-refractivity contribution in [1.29, 1.82) is 0 Å². The number of aromatic nitrogens is 1. The van der Waals surface area contributed by atoms with E-state index in [4.69, 9.17) is 5.11 Å². The van der Waals surface area contributed by atoms with Crippen LogP contribution in [-0.2, 0) is 16.4 Å². The highest BCUT2D eigenvalue weighted by Crippen LogP contribution is 2.39. The van der Waals surface area contributed by atoms with Crippen LogP contribution in [0.3, 0.4) is 0 Å². The molecule has 146 valence electrons. The van der Waals surface area contributed by atoms with Crippen LogP contribution in [0.2, 0.25) is 0 Å². The van der Waals surface area contributed by atoms with E-state index in [1.165, 1.54) is 43.6 Å². The normalized spacial score (nSPS) is 11.4. The summed E-state index contributed by atoms with van der Waals surface area (Å²) in [5.41, 5.74) is 0.00612. The van der Waals surface area contributed by atoms with Gasteiger partial charge < -0.3 is 10.0 Å². The van der Waals surface area contributed by atoms with Gasteiger partial charge in [0.1, 0.15) is 10.0 Å². The molecule has 2 aromatic heterocycles. The molecule has 10 heteroatoms. The summed E-state index contributed by atoms with van der Waals surface area (Å²) >= 11 is 0.807. The highest BCUT2D eigenvalue weighted by atomic mass is 32.2. The minimum Gasteiger partial charge on any atom is -0.465 e. The van der Waals surface area contributed by atoms with Crippen LogP contribution in [0, 0.1) is 11.8 Å². The van der Waals surface area contributed by atoms with Crippen LogP contribution < -0.4 is 0 Å². The first-order valence-corrected chi connectivity index (χ1v) is 10.2. The number of carbonyl (C=O) groups is 1. The third kappa shape index (κ3) is 3.87. The van der Waals surface area contributed by atoms with E-state index >= 15 is 0 Å². The van der Waals surface area contributed by atoms with Gasteiger partial charge in [-0.3, -0.25) is 0 Å². The van der Waals surface area contributed by atoms with Crippen molar-refractivity contribution in [3.05, 3.63) is 65.3 Å². The Kier molecular flexibility index (Phi) is 5.43. The maximum Gasteiger partial charge on any atom is 0.407 e. The van der Waals surface area contributed by atoms with E-state index in [2.05, 4.69) is 4.98 Å². The van der Waals surface area contributed by atoms with Gasteiger partial charge in [0.05, 0.1) is 11.4 Å². The van der Waals surface area contributed by atoms with E-state index in [1.54, 1.807) is 0 Å². The van der Waals surface area contributed by atoms with E-state index in [0.29, 0.717) is 4.88 Å². The minimum absolute atomic E-state index is 0.0436. The summed E-state index contributed by atoms with van der Waals surface area (Å²) < 4.78 is 53.8. The molecule has 1 N–H and O–H groups in total. The number of pyridine rings is 1. The fourth-order valence-corrected chi connectivity index (χ4v) is 5.72. The SMILES string of the molecule is CN(Cc1cc(-c2cccnc2F)c(S(=O)(=O)c2cccc(F)c2)s1)C(=O)O. The van der Waals surface area contributed by atoms with Crippen molar-refractivity contribution in [3.8, 4) is 11.1 Å². The Morgan fingerprint density at radius 1 is 1.18 bits per heavy atom. The molecule has 0 spiro atoms. The standard InChI is InChI=1S/C18H14F2N2O4S2/c1-22(18(23)24)10-12-9-15(14-6-3-7-21-16(14)20)17(27-12)28(25,26)13-5-2-4-11(19)8-13/h2-9H,10H2,1H3,(H,23,24). The Morgan fingerprint density at radius 3 is 2.57 bits per heavy atom. The number of hydrogen-bond donors (Lipinski definition) is 1. The molecule has 0 radical (unpaired) electrons. The lowest BCUT2D eigenvalue weighted by atomic mass is 10.1. The first-order valence-electron chi connectivity index (χ1n) is 7.88. The number of amides is 1. The number of sulfone groups is 1. The number of halogens is 2. The summed E-state index contributed by atoms with van der Waals surface area (Å²) in [4.78, 5) is 15.7. The van der Waals surface area contributed by atoms with E-state index in [0.717, 1.165) is 28.4 Å². The van der Waals surface area contributed by atoms with Gasteiger partial charge in [0, 0.05) is 29.2 Å². The first-order chi connectivity index (χ1) is 13.2. The largest absolute Gasteiger partial charge is 0.465 e. The van der Waals surface area contributed by atoms with Crippen LogP contribution in [0.1, 0.15) is 4.88 Å². The molecule has 3 rings (SSSR count). The number of nitrogens with zero attached hydrogens (tertiary/aromatic N) is 2. The van der Waals surface area contributed by atoms with Gasteiger partial charge in [-0.25, -0.2) is 22.6 Å². The Morgan fingerprint density at radius 2 is 1.93 bits per heavy atom.